The van der Waals surface area contributed by atoms with Crippen molar-refractivity contribution in [3.63, 3.8) is 0 Å². The molecule has 0 spiro atoms. The van der Waals surface area contributed by atoms with Crippen LogP contribution in [0.25, 0.3) is 11.2 Å². The van der Waals surface area contributed by atoms with Crippen LogP contribution in [0.4, 0.5) is 5.95 Å². The van der Waals surface area contributed by atoms with Crippen molar-refractivity contribution in [3.8, 4) is 0 Å². The van der Waals surface area contributed by atoms with Gasteiger partial charge in [0.25, 0.3) is 5.56 Å². The summed E-state index contributed by atoms with van der Waals surface area (Å²) < 4.78 is 51.1. The van der Waals surface area contributed by atoms with Crippen LogP contribution in [-0.2, 0) is 31.6 Å². The van der Waals surface area contributed by atoms with Gasteiger partial charge in [0, 0.05) is 0 Å². The molecule has 10 N–H and O–H groups in total. The Kier molecular flexibility index (Phi) is 7.00. The Balaban J connectivity index is 1.78. The molecule has 33 heavy (non-hydrogen) atoms. The van der Waals surface area contributed by atoms with Crippen molar-refractivity contribution in [2.45, 2.75) is 30.8 Å². The van der Waals surface area contributed by atoms with Crippen molar-refractivity contribution in [2.24, 2.45) is 0 Å². The number of nitrogen functional groups attached to an aromatic ring is 1. The molecule has 1 aliphatic rings. The minimum atomic E-state index is -5.87. The Morgan fingerprint density at radius 2 is 1.76 bits per heavy atom. The van der Waals surface area contributed by atoms with E-state index in [0.29, 0.717) is 0 Å². The van der Waals surface area contributed by atoms with Gasteiger partial charge in [-0.2, -0.15) is 13.6 Å². The molecule has 20 nitrogen and oxygen atoms in total. The van der Waals surface area contributed by atoms with Crippen LogP contribution < -0.4 is 11.3 Å². The number of nitrogens with zero attached hydrogens (tertiary/aromatic N) is 3. The number of aliphatic hydroxyl groups is 3. The largest absolute Gasteiger partial charge is 0.490 e. The first kappa shape index (κ1) is 26.0. The SMILES string of the molecule is Nc1nc2c(ncn2[C@@H]2O[C@H](C(O)OP(=O)(O)OP(=O)(O)OP(=O)(O)O)[C@@H](O)[C@H]2O)c(=O)[nH]1. The van der Waals surface area contributed by atoms with Gasteiger partial charge in [-0.25, -0.2) is 18.7 Å². The third-order valence-corrected chi connectivity index (χ3v) is 7.75. The van der Waals surface area contributed by atoms with Crippen LogP contribution in [-0.4, -0.2) is 79.0 Å². The highest BCUT2D eigenvalue weighted by Gasteiger charge is 2.50. The molecule has 1 saturated heterocycles. The van der Waals surface area contributed by atoms with E-state index in [-0.39, 0.29) is 17.1 Å². The molecule has 1 aliphatic heterocycles. The van der Waals surface area contributed by atoms with Crippen LogP contribution >= 0.6 is 23.5 Å². The Morgan fingerprint density at radius 3 is 2.36 bits per heavy atom. The van der Waals surface area contributed by atoms with Gasteiger partial charge in [0.1, 0.15) is 18.3 Å². The number of phosphoric acid groups is 3. The van der Waals surface area contributed by atoms with Gasteiger partial charge in [0.05, 0.1) is 6.33 Å². The molecule has 0 saturated carbocycles. The third kappa shape index (κ3) is 5.91. The number of aliphatic hydroxyl groups excluding tert-OH is 3. The van der Waals surface area contributed by atoms with Crippen LogP contribution in [0, 0.1) is 0 Å². The monoisotopic (exact) mass is 539 g/mol. The van der Waals surface area contributed by atoms with Gasteiger partial charge >= 0.3 is 23.5 Å². The van der Waals surface area contributed by atoms with E-state index < -0.39 is 59.9 Å². The molecule has 3 rings (SSSR count). The van der Waals surface area contributed by atoms with Crippen molar-refractivity contribution >= 4 is 40.6 Å². The molecule has 1 fully saturated rings. The van der Waals surface area contributed by atoms with E-state index in [9.17, 15) is 38.7 Å². The molecule has 3 unspecified atom stereocenters. The predicted molar refractivity (Wildman–Crippen MR) is 99.4 cm³/mol. The molecule has 2 aromatic rings. The zero-order chi connectivity index (χ0) is 24.9. The Morgan fingerprint density at radius 1 is 1.12 bits per heavy atom. The number of imidazole rings is 1. The number of rotatable bonds is 8. The first-order chi connectivity index (χ1) is 15.0. The molecule has 0 aromatic carbocycles. The highest BCUT2D eigenvalue weighted by Crippen LogP contribution is 2.66. The number of hydrogen-bond acceptors (Lipinski definition) is 14. The molecule has 3 heterocycles. The summed E-state index contributed by atoms with van der Waals surface area (Å²) in [5.41, 5.74) is 4.28. The number of fused-ring (bicyclic) bond motifs is 1. The van der Waals surface area contributed by atoms with Crippen molar-refractivity contribution in [2.75, 3.05) is 5.73 Å². The Hall–Kier alpha value is -1.60. The fraction of sp³-hybridized carbons (Fsp3) is 0.500. The number of nitrogens with one attached hydrogen (secondary N) is 1. The Labute approximate surface area is 180 Å². The number of aromatic nitrogens is 4. The summed E-state index contributed by atoms with van der Waals surface area (Å²) >= 11 is 0. The minimum absolute atomic E-state index is 0.199. The molecule has 0 amide bonds. The van der Waals surface area contributed by atoms with Gasteiger partial charge in [0.2, 0.25) is 5.95 Å². The van der Waals surface area contributed by atoms with Crippen molar-refractivity contribution in [1.82, 2.24) is 19.5 Å². The minimum Gasteiger partial charge on any atom is -0.387 e. The average molecular weight is 539 g/mol. The average Bonchev–Trinajstić information content (AvgIpc) is 3.13. The lowest BCUT2D eigenvalue weighted by Gasteiger charge is -2.23. The lowest BCUT2D eigenvalue weighted by Crippen LogP contribution is -2.39. The summed E-state index contributed by atoms with van der Waals surface area (Å²) in [6.07, 6.45) is -9.14. The summed E-state index contributed by atoms with van der Waals surface area (Å²) in [5.74, 6) is -0.327. The van der Waals surface area contributed by atoms with Crippen LogP contribution in [0.1, 0.15) is 6.23 Å². The number of hydrogen-bond donors (Lipinski definition) is 9. The maximum Gasteiger partial charge on any atom is 0.490 e. The van der Waals surface area contributed by atoms with Crippen molar-refractivity contribution in [3.05, 3.63) is 16.7 Å². The number of ether oxygens (including phenoxy) is 1. The van der Waals surface area contributed by atoms with E-state index in [2.05, 4.69) is 28.1 Å². The number of nitrogens with two attached hydrogens (primary N) is 1. The zero-order valence-corrected chi connectivity index (χ0v) is 18.3. The second-order valence-electron chi connectivity index (χ2n) is 6.33. The smallest absolute Gasteiger partial charge is 0.387 e. The molecule has 2 aromatic heterocycles. The number of anilines is 1. The zero-order valence-electron chi connectivity index (χ0n) is 15.6. The van der Waals surface area contributed by atoms with Gasteiger partial charge in [-0.3, -0.25) is 18.9 Å². The van der Waals surface area contributed by atoms with E-state index >= 15 is 0 Å². The third-order valence-electron chi connectivity index (χ3n) is 3.94. The topological polar surface area (TPSA) is 319 Å². The lowest BCUT2D eigenvalue weighted by atomic mass is 10.1. The first-order valence-electron chi connectivity index (χ1n) is 8.24. The second-order valence-corrected chi connectivity index (χ2v) is 10.7. The number of aromatic amines is 1. The number of H-pyrrole nitrogens is 1. The quantitative estimate of drug-likeness (QED) is 0.119. The molecule has 0 radical (unpaired) electrons. The predicted octanol–water partition coefficient (Wildman–Crippen LogP) is -3.02. The molecule has 0 bridgehead atoms. The van der Waals surface area contributed by atoms with Gasteiger partial charge in [-0.1, -0.05) is 0 Å². The summed E-state index contributed by atoms with van der Waals surface area (Å²) in [7, 11) is -17.3. The summed E-state index contributed by atoms with van der Waals surface area (Å²) in [5, 5.41) is 30.4. The van der Waals surface area contributed by atoms with Crippen LogP contribution in [0.15, 0.2) is 11.1 Å². The molecule has 7 atom stereocenters. The normalized spacial score (nSPS) is 28.5. The lowest BCUT2D eigenvalue weighted by molar-refractivity contribution is -0.160. The number of phosphoric ester groups is 1. The Bertz CT molecular complexity index is 1240. The van der Waals surface area contributed by atoms with Gasteiger partial charge in [-0.05, 0) is 0 Å². The van der Waals surface area contributed by atoms with Crippen molar-refractivity contribution in [1.29, 1.82) is 0 Å². The summed E-state index contributed by atoms with van der Waals surface area (Å²) in [6.45, 7) is 0. The van der Waals surface area contributed by atoms with Crippen LogP contribution in [0.2, 0.25) is 0 Å². The first-order valence-corrected chi connectivity index (χ1v) is 12.8. The maximum absolute atomic E-state index is 11.9. The molecular weight excluding hydrogens is 523 g/mol. The van der Waals surface area contributed by atoms with Gasteiger partial charge in [0.15, 0.2) is 23.7 Å². The second kappa shape index (κ2) is 8.88. The molecule has 186 valence electrons. The molecule has 0 aliphatic carbocycles. The van der Waals surface area contributed by atoms with E-state index in [4.69, 9.17) is 25.2 Å². The van der Waals surface area contributed by atoms with Gasteiger partial charge in [-0.15, -0.1) is 0 Å². The van der Waals surface area contributed by atoms with Crippen LogP contribution in [0.5, 0.6) is 0 Å². The van der Waals surface area contributed by atoms with E-state index in [1.165, 1.54) is 0 Å². The summed E-state index contributed by atoms with van der Waals surface area (Å²) in [6, 6.07) is 0. The maximum atomic E-state index is 11.9. The van der Waals surface area contributed by atoms with E-state index in [0.717, 1.165) is 10.9 Å². The van der Waals surface area contributed by atoms with E-state index in [1.54, 1.807) is 0 Å². The molecule has 23 heteroatoms. The van der Waals surface area contributed by atoms with Crippen LogP contribution in [0.3, 0.4) is 0 Å². The highest BCUT2D eigenvalue weighted by atomic mass is 31.3. The van der Waals surface area contributed by atoms with E-state index in [1.807, 2.05) is 0 Å². The fourth-order valence-corrected chi connectivity index (χ4v) is 5.83. The fourth-order valence-electron chi connectivity index (χ4n) is 2.78. The summed E-state index contributed by atoms with van der Waals surface area (Å²) in [4.78, 5) is 57.2. The van der Waals surface area contributed by atoms with Crippen molar-refractivity contribution < 1.29 is 66.5 Å². The standard InChI is InChI=1S/C10H16N5O15P3/c11-10-13-6-2(7(18)14-10)12-1-15(6)8-4(17)3(16)5(27-8)9(19)28-32(23,24)30-33(25,26)29-31(20,21)22/h1,3-5,8-9,16-17,19H,(H,23,24)(H,25,26)(H2,20,21,22)(H3,11,13,14,18)/t3-,4+,5-,8+,9?/m0/s1. The van der Waals surface area contributed by atoms with Gasteiger partial charge < -0.3 is 45.4 Å². The molecular formula is C10H16N5O15P3. The highest BCUT2D eigenvalue weighted by molar-refractivity contribution is 7.66.